The van der Waals surface area contributed by atoms with Gasteiger partial charge >= 0.3 is 17.9 Å². The number of unbranched alkanes of at least 4 members (excludes halogenated alkanes) is 26. The van der Waals surface area contributed by atoms with Crippen LogP contribution in [0.3, 0.4) is 0 Å². The van der Waals surface area contributed by atoms with Gasteiger partial charge in [-0.25, -0.2) is 0 Å². The van der Waals surface area contributed by atoms with E-state index in [0.29, 0.717) is 19.3 Å². The molecule has 0 saturated carbocycles. The summed E-state index contributed by atoms with van der Waals surface area (Å²) in [5, 5.41) is 0. The van der Waals surface area contributed by atoms with Crippen molar-refractivity contribution in [3.05, 3.63) is 72.9 Å². The number of hydrogen-bond donors (Lipinski definition) is 0. The molecular weight excluding hydrogens is 805 g/mol. The van der Waals surface area contributed by atoms with E-state index in [1.807, 2.05) is 0 Å². The molecule has 0 rings (SSSR count). The highest BCUT2D eigenvalue weighted by Crippen LogP contribution is 2.14. The first-order valence-electron chi connectivity index (χ1n) is 27.4. The van der Waals surface area contributed by atoms with E-state index in [1.54, 1.807) is 0 Å². The van der Waals surface area contributed by atoms with E-state index in [0.717, 1.165) is 109 Å². The van der Waals surface area contributed by atoms with Crippen LogP contribution in [-0.4, -0.2) is 37.2 Å². The molecule has 0 aromatic heterocycles. The van der Waals surface area contributed by atoms with Crippen LogP contribution >= 0.6 is 0 Å². The van der Waals surface area contributed by atoms with Gasteiger partial charge in [0.25, 0.3) is 0 Å². The summed E-state index contributed by atoms with van der Waals surface area (Å²) in [7, 11) is 0. The first-order chi connectivity index (χ1) is 32.0. The fourth-order valence-corrected chi connectivity index (χ4v) is 7.54. The summed E-state index contributed by atoms with van der Waals surface area (Å²) in [6, 6.07) is 0. The lowest BCUT2D eigenvalue weighted by Gasteiger charge is -2.18. The van der Waals surface area contributed by atoms with Crippen molar-refractivity contribution in [3.8, 4) is 0 Å². The summed E-state index contributed by atoms with van der Waals surface area (Å²) >= 11 is 0. The van der Waals surface area contributed by atoms with Gasteiger partial charge in [-0.2, -0.15) is 0 Å². The highest BCUT2D eigenvalue weighted by atomic mass is 16.6. The molecule has 0 aromatic carbocycles. The maximum absolute atomic E-state index is 12.8. The van der Waals surface area contributed by atoms with Crippen molar-refractivity contribution in [3.63, 3.8) is 0 Å². The van der Waals surface area contributed by atoms with Crippen molar-refractivity contribution >= 4 is 17.9 Å². The standard InChI is InChI=1S/C59H102O6/c1-4-7-10-13-16-19-22-25-27-29-30-31-33-34-37-40-43-46-49-52-58(61)64-55-56(54-63-57(60)51-48-45-42-39-36-24-21-18-15-12-9-6-3)65-59(62)53-50-47-44-41-38-35-32-28-26-23-20-17-14-11-8-5-2/h7,10,16,18-19,21,25,27-28,30-32,56H,4-6,8-9,11-15,17,20,22-24,26,29,33-55H2,1-3H3/b10-7-,19-16-,21-18-,27-25-,31-30-,32-28-. The summed E-state index contributed by atoms with van der Waals surface area (Å²) in [5.74, 6) is -0.914. The highest BCUT2D eigenvalue weighted by molar-refractivity contribution is 5.71. The molecule has 1 atom stereocenters. The maximum atomic E-state index is 12.8. The Bertz CT molecular complexity index is 1230. The third kappa shape index (κ3) is 51.7. The predicted octanol–water partition coefficient (Wildman–Crippen LogP) is 18.2. The van der Waals surface area contributed by atoms with E-state index in [1.165, 1.54) is 116 Å². The zero-order chi connectivity index (χ0) is 47.2. The molecule has 0 fully saturated rings. The topological polar surface area (TPSA) is 78.9 Å². The number of esters is 3. The fourth-order valence-electron chi connectivity index (χ4n) is 7.54. The zero-order valence-electron chi connectivity index (χ0n) is 42.7. The van der Waals surface area contributed by atoms with Gasteiger partial charge in [-0.15, -0.1) is 0 Å². The van der Waals surface area contributed by atoms with E-state index in [4.69, 9.17) is 14.2 Å². The molecule has 0 radical (unpaired) electrons. The normalized spacial score (nSPS) is 12.6. The van der Waals surface area contributed by atoms with Crippen LogP contribution in [0.5, 0.6) is 0 Å². The minimum Gasteiger partial charge on any atom is -0.462 e. The van der Waals surface area contributed by atoms with E-state index in [-0.39, 0.29) is 31.1 Å². The van der Waals surface area contributed by atoms with Crippen LogP contribution in [0.4, 0.5) is 0 Å². The third-order valence-corrected chi connectivity index (χ3v) is 11.7. The quantitative estimate of drug-likeness (QED) is 0.0262. The molecule has 0 amide bonds. The van der Waals surface area contributed by atoms with Gasteiger partial charge in [-0.3, -0.25) is 14.4 Å². The van der Waals surface area contributed by atoms with Gasteiger partial charge in [0.1, 0.15) is 13.2 Å². The van der Waals surface area contributed by atoms with Gasteiger partial charge in [-0.1, -0.05) is 209 Å². The second-order valence-electron chi connectivity index (χ2n) is 18.1. The second-order valence-corrected chi connectivity index (χ2v) is 18.1. The fraction of sp³-hybridized carbons (Fsp3) is 0.746. The number of hydrogen-bond acceptors (Lipinski definition) is 6. The summed E-state index contributed by atoms with van der Waals surface area (Å²) < 4.78 is 16.8. The van der Waals surface area contributed by atoms with Crippen molar-refractivity contribution in [1.82, 2.24) is 0 Å². The first-order valence-corrected chi connectivity index (χ1v) is 27.4. The second kappa shape index (κ2) is 53.5. The number of allylic oxidation sites excluding steroid dienone is 12. The van der Waals surface area contributed by atoms with E-state index in [9.17, 15) is 14.4 Å². The van der Waals surface area contributed by atoms with E-state index >= 15 is 0 Å². The van der Waals surface area contributed by atoms with Gasteiger partial charge in [0, 0.05) is 19.3 Å². The average molecular weight is 907 g/mol. The zero-order valence-corrected chi connectivity index (χ0v) is 42.7. The Morgan fingerprint density at radius 2 is 0.600 bits per heavy atom. The Labute approximate surface area is 402 Å². The molecule has 0 spiro atoms. The average Bonchev–Trinajstić information content (AvgIpc) is 3.30. The van der Waals surface area contributed by atoms with Crippen LogP contribution in [0.2, 0.25) is 0 Å². The molecule has 374 valence electrons. The summed E-state index contributed by atoms with van der Waals surface area (Å²) in [4.78, 5) is 38.1. The van der Waals surface area contributed by atoms with Gasteiger partial charge in [0.05, 0.1) is 0 Å². The van der Waals surface area contributed by atoms with Gasteiger partial charge in [0.2, 0.25) is 0 Å². The molecule has 0 aliphatic carbocycles. The van der Waals surface area contributed by atoms with Crippen LogP contribution in [0.1, 0.15) is 265 Å². The molecule has 0 N–H and O–H groups in total. The van der Waals surface area contributed by atoms with Crippen molar-refractivity contribution in [2.24, 2.45) is 0 Å². The number of carbonyl (C=O) groups is 3. The summed E-state index contributed by atoms with van der Waals surface area (Å²) in [6.45, 7) is 6.48. The van der Waals surface area contributed by atoms with Crippen molar-refractivity contribution in [1.29, 1.82) is 0 Å². The van der Waals surface area contributed by atoms with Crippen LogP contribution in [0, 0.1) is 0 Å². The lowest BCUT2D eigenvalue weighted by atomic mass is 10.1. The lowest BCUT2D eigenvalue weighted by molar-refractivity contribution is -0.167. The number of rotatable bonds is 49. The van der Waals surface area contributed by atoms with Crippen LogP contribution in [0.25, 0.3) is 0 Å². The molecule has 0 bridgehead atoms. The molecule has 1 unspecified atom stereocenters. The SMILES string of the molecule is CC/C=C\C/C=C\C/C=C\C/C=C\CCCCCCCCC(=O)OCC(COC(=O)CCCCCCC/C=C\CCCCC)OC(=O)CCCCCCC/C=C\CCCCCCCCC. The van der Waals surface area contributed by atoms with Crippen LogP contribution in [0.15, 0.2) is 72.9 Å². The Hall–Kier alpha value is -3.15. The van der Waals surface area contributed by atoms with Crippen LogP contribution < -0.4 is 0 Å². The van der Waals surface area contributed by atoms with E-state index in [2.05, 4.69) is 93.7 Å². The van der Waals surface area contributed by atoms with E-state index < -0.39 is 6.10 Å². The molecule has 0 saturated heterocycles. The monoisotopic (exact) mass is 907 g/mol. The molecule has 6 heteroatoms. The largest absolute Gasteiger partial charge is 0.462 e. The predicted molar refractivity (Wildman–Crippen MR) is 279 cm³/mol. The molecule has 0 aromatic rings. The maximum Gasteiger partial charge on any atom is 0.306 e. The molecule has 0 aliphatic heterocycles. The van der Waals surface area contributed by atoms with Gasteiger partial charge in [-0.05, 0) is 109 Å². The Kier molecular flexibility index (Phi) is 50.9. The first kappa shape index (κ1) is 61.9. The van der Waals surface area contributed by atoms with Crippen LogP contribution in [-0.2, 0) is 28.6 Å². The number of carbonyl (C=O) groups excluding carboxylic acids is 3. The smallest absolute Gasteiger partial charge is 0.306 e. The molecular formula is C59H102O6. The van der Waals surface area contributed by atoms with Crippen molar-refractivity contribution in [2.45, 2.75) is 271 Å². The molecule has 6 nitrogen and oxygen atoms in total. The molecule has 65 heavy (non-hydrogen) atoms. The summed E-state index contributed by atoms with van der Waals surface area (Å²) in [6.07, 6.45) is 67.4. The minimum absolute atomic E-state index is 0.0875. The third-order valence-electron chi connectivity index (χ3n) is 11.7. The summed E-state index contributed by atoms with van der Waals surface area (Å²) in [5.41, 5.74) is 0. The Morgan fingerprint density at radius 3 is 0.985 bits per heavy atom. The van der Waals surface area contributed by atoms with Gasteiger partial charge in [0.15, 0.2) is 6.10 Å². The minimum atomic E-state index is -0.788. The molecule has 0 heterocycles. The Balaban J connectivity index is 4.40. The van der Waals surface area contributed by atoms with Gasteiger partial charge < -0.3 is 14.2 Å². The van der Waals surface area contributed by atoms with Crippen molar-refractivity contribution < 1.29 is 28.6 Å². The lowest BCUT2D eigenvalue weighted by Crippen LogP contribution is -2.30. The molecule has 0 aliphatic rings. The number of ether oxygens (including phenoxy) is 3. The van der Waals surface area contributed by atoms with Crippen molar-refractivity contribution in [2.75, 3.05) is 13.2 Å². The highest BCUT2D eigenvalue weighted by Gasteiger charge is 2.19. The Morgan fingerprint density at radius 1 is 0.323 bits per heavy atom.